The topological polar surface area (TPSA) is 49.8 Å². The molecule has 0 spiro atoms. The van der Waals surface area contributed by atoms with Gasteiger partial charge in [0.25, 0.3) is 0 Å². The van der Waals surface area contributed by atoms with Gasteiger partial charge in [0.15, 0.2) is 0 Å². The van der Waals surface area contributed by atoms with Crippen molar-refractivity contribution in [2.75, 3.05) is 23.7 Å². The summed E-state index contributed by atoms with van der Waals surface area (Å²) in [6, 6.07) is 16.8. The van der Waals surface area contributed by atoms with Gasteiger partial charge >= 0.3 is 0 Å². The predicted molar refractivity (Wildman–Crippen MR) is 144 cm³/mol. The number of hydrogen-bond donors (Lipinski definition) is 2. The number of hydrogen-bond acceptors (Lipinski definition) is 4. The van der Waals surface area contributed by atoms with E-state index in [0.29, 0.717) is 0 Å². The van der Waals surface area contributed by atoms with E-state index < -0.39 is 0 Å². The molecule has 0 atom stereocenters. The summed E-state index contributed by atoms with van der Waals surface area (Å²) in [6.45, 7) is 6.04. The molecule has 4 nitrogen and oxygen atoms in total. The molecule has 0 unspecified atom stereocenters. The third kappa shape index (κ3) is 5.78. The Bertz CT molecular complexity index is 1140. The minimum atomic E-state index is 0.973. The molecule has 0 saturated heterocycles. The second-order valence-corrected chi connectivity index (χ2v) is 10.0. The lowest BCUT2D eigenvalue weighted by molar-refractivity contribution is 0.671. The van der Waals surface area contributed by atoms with Gasteiger partial charge in [-0.15, -0.1) is 0 Å². The van der Waals surface area contributed by atoms with Gasteiger partial charge in [0, 0.05) is 55.6 Å². The molecule has 0 radical (unpaired) electrons. The highest BCUT2D eigenvalue weighted by Gasteiger charge is 2.06. The number of halogens is 2. The Morgan fingerprint density at radius 2 is 1.06 bits per heavy atom. The van der Waals surface area contributed by atoms with E-state index in [4.69, 9.17) is 0 Å². The monoisotopic (exact) mass is 554 g/mol. The Kier molecular flexibility index (Phi) is 7.63. The van der Waals surface area contributed by atoms with Crippen LogP contribution >= 0.6 is 31.9 Å². The first-order valence-electron chi connectivity index (χ1n) is 11.1. The fourth-order valence-electron chi connectivity index (χ4n) is 4.00. The first-order chi connectivity index (χ1) is 15.5. The molecule has 0 amide bonds. The summed E-state index contributed by atoms with van der Waals surface area (Å²) < 4.78 is 2.16. The van der Waals surface area contributed by atoms with E-state index in [1.807, 2.05) is 26.0 Å². The number of aryl methyl sites for hydroxylation is 2. The Labute approximate surface area is 206 Å². The zero-order chi connectivity index (χ0) is 22.5. The van der Waals surface area contributed by atoms with E-state index in [0.717, 1.165) is 57.3 Å². The zero-order valence-corrected chi connectivity index (χ0v) is 21.7. The fourth-order valence-corrected chi connectivity index (χ4v) is 4.73. The minimum absolute atomic E-state index is 0.973. The predicted octanol–water partition coefficient (Wildman–Crippen LogP) is 8.01. The number of aromatic nitrogens is 2. The van der Waals surface area contributed by atoms with Crippen molar-refractivity contribution in [2.45, 2.75) is 39.5 Å². The lowest BCUT2D eigenvalue weighted by Gasteiger charge is -2.12. The molecule has 32 heavy (non-hydrogen) atoms. The summed E-state index contributed by atoms with van der Waals surface area (Å²) in [6.07, 6.45) is 4.73. The van der Waals surface area contributed by atoms with E-state index in [2.05, 4.69) is 88.9 Å². The maximum Gasteiger partial charge on any atom is 0.0726 e. The Balaban J connectivity index is 1.23. The molecule has 2 N–H and O–H groups in total. The van der Waals surface area contributed by atoms with Crippen molar-refractivity contribution in [3.05, 3.63) is 68.9 Å². The van der Waals surface area contributed by atoms with Crippen LogP contribution in [0.25, 0.3) is 21.8 Å². The number of nitrogens with zero attached hydrogens (tertiary/aromatic N) is 2. The normalized spacial score (nSPS) is 11.2. The molecule has 0 bridgehead atoms. The zero-order valence-electron chi connectivity index (χ0n) is 18.5. The van der Waals surface area contributed by atoms with Crippen LogP contribution in [0.1, 0.15) is 37.1 Å². The number of unbranched alkanes of at least 4 members (excludes halogenated alkanes) is 3. The van der Waals surface area contributed by atoms with E-state index in [1.165, 1.54) is 35.0 Å². The molecule has 0 aliphatic rings. The Morgan fingerprint density at radius 3 is 1.50 bits per heavy atom. The van der Waals surface area contributed by atoms with E-state index in [9.17, 15) is 0 Å². The third-order valence-corrected chi connectivity index (χ3v) is 6.52. The summed E-state index contributed by atoms with van der Waals surface area (Å²) in [5.74, 6) is 0. The molecule has 0 aliphatic heterocycles. The molecule has 2 heterocycles. The van der Waals surface area contributed by atoms with Crippen molar-refractivity contribution >= 4 is 65.0 Å². The van der Waals surface area contributed by atoms with E-state index >= 15 is 0 Å². The van der Waals surface area contributed by atoms with E-state index in [1.54, 1.807) is 0 Å². The molecule has 4 aromatic rings. The van der Waals surface area contributed by atoms with E-state index in [-0.39, 0.29) is 0 Å². The highest BCUT2D eigenvalue weighted by molar-refractivity contribution is 9.10. The molecule has 0 aliphatic carbocycles. The molecule has 2 aromatic heterocycles. The van der Waals surface area contributed by atoms with Crippen LogP contribution in [0.15, 0.2) is 57.5 Å². The largest absolute Gasteiger partial charge is 0.384 e. The number of fused-ring (bicyclic) bond motifs is 2. The van der Waals surface area contributed by atoms with Gasteiger partial charge in [-0.3, -0.25) is 9.97 Å². The second kappa shape index (κ2) is 10.6. The highest BCUT2D eigenvalue weighted by atomic mass is 79.9. The standard InChI is InChI=1S/C26H28Br2N4/c1-17-13-25(21-15-19(27)7-9-23(21)31-17)29-11-5-3-4-6-12-30-26-14-18(2)32-24-10-8-20(28)16-22(24)26/h7-10,13-16H,3-6,11-12H2,1-2H3,(H,29,31)(H,30,32). The summed E-state index contributed by atoms with van der Waals surface area (Å²) in [7, 11) is 0. The summed E-state index contributed by atoms with van der Waals surface area (Å²) in [4.78, 5) is 9.27. The molecule has 0 saturated carbocycles. The summed E-state index contributed by atoms with van der Waals surface area (Å²) >= 11 is 7.14. The fraction of sp³-hybridized carbons (Fsp3) is 0.308. The van der Waals surface area contributed by atoms with Gasteiger partial charge in [0.2, 0.25) is 0 Å². The van der Waals surface area contributed by atoms with Gasteiger partial charge in [-0.1, -0.05) is 44.7 Å². The number of nitrogens with one attached hydrogen (secondary N) is 2. The minimum Gasteiger partial charge on any atom is -0.384 e. The van der Waals surface area contributed by atoms with Crippen LogP contribution in [0.4, 0.5) is 11.4 Å². The molecular formula is C26H28Br2N4. The van der Waals surface area contributed by atoms with Crippen LogP contribution in [-0.2, 0) is 0 Å². The van der Waals surface area contributed by atoms with Gasteiger partial charge in [-0.25, -0.2) is 0 Å². The smallest absolute Gasteiger partial charge is 0.0726 e. The maximum absolute atomic E-state index is 4.64. The lowest BCUT2D eigenvalue weighted by atomic mass is 10.1. The molecule has 166 valence electrons. The van der Waals surface area contributed by atoms with Crippen LogP contribution in [0, 0.1) is 13.8 Å². The summed E-state index contributed by atoms with van der Waals surface area (Å²) in [5, 5.41) is 9.57. The number of pyridine rings is 2. The number of rotatable bonds is 9. The molecule has 4 rings (SSSR count). The Hall–Kier alpha value is -2.18. The second-order valence-electron chi connectivity index (χ2n) is 8.21. The SMILES string of the molecule is Cc1cc(NCCCCCCNc2cc(C)nc3ccc(Br)cc23)c2cc(Br)ccc2n1. The van der Waals surface area contributed by atoms with Crippen molar-refractivity contribution in [1.29, 1.82) is 0 Å². The van der Waals surface area contributed by atoms with Gasteiger partial charge in [-0.2, -0.15) is 0 Å². The van der Waals surface area contributed by atoms with Crippen LogP contribution in [-0.4, -0.2) is 23.1 Å². The van der Waals surface area contributed by atoms with Gasteiger partial charge in [0.05, 0.1) is 11.0 Å². The quantitative estimate of drug-likeness (QED) is 0.205. The van der Waals surface area contributed by atoms with Crippen LogP contribution in [0.2, 0.25) is 0 Å². The van der Waals surface area contributed by atoms with Crippen molar-refractivity contribution in [3.63, 3.8) is 0 Å². The van der Waals surface area contributed by atoms with Crippen molar-refractivity contribution < 1.29 is 0 Å². The highest BCUT2D eigenvalue weighted by Crippen LogP contribution is 2.27. The number of anilines is 2. The van der Waals surface area contributed by atoms with Crippen LogP contribution < -0.4 is 10.6 Å². The van der Waals surface area contributed by atoms with Crippen molar-refractivity contribution in [1.82, 2.24) is 9.97 Å². The lowest BCUT2D eigenvalue weighted by Crippen LogP contribution is -2.05. The molecule has 2 aromatic carbocycles. The van der Waals surface area contributed by atoms with Crippen molar-refractivity contribution in [3.8, 4) is 0 Å². The maximum atomic E-state index is 4.64. The molecule has 6 heteroatoms. The van der Waals surface area contributed by atoms with Crippen molar-refractivity contribution in [2.24, 2.45) is 0 Å². The van der Waals surface area contributed by atoms with Crippen LogP contribution in [0.5, 0.6) is 0 Å². The average molecular weight is 556 g/mol. The van der Waals surface area contributed by atoms with Gasteiger partial charge in [-0.05, 0) is 75.2 Å². The molecular weight excluding hydrogens is 528 g/mol. The van der Waals surface area contributed by atoms with Gasteiger partial charge < -0.3 is 10.6 Å². The molecule has 0 fully saturated rings. The first kappa shape index (κ1) is 23.0. The summed E-state index contributed by atoms with van der Waals surface area (Å²) in [5.41, 5.74) is 6.49. The van der Waals surface area contributed by atoms with Gasteiger partial charge in [0.1, 0.15) is 0 Å². The third-order valence-electron chi connectivity index (χ3n) is 5.53. The first-order valence-corrected chi connectivity index (χ1v) is 12.7. The Morgan fingerprint density at radius 1 is 0.625 bits per heavy atom. The number of benzene rings is 2. The average Bonchev–Trinajstić information content (AvgIpc) is 2.76. The van der Waals surface area contributed by atoms with Crippen LogP contribution in [0.3, 0.4) is 0 Å².